The van der Waals surface area contributed by atoms with Crippen LogP contribution in [0.25, 0.3) is 0 Å². The predicted molar refractivity (Wildman–Crippen MR) is 70.2 cm³/mol. The molecule has 1 aliphatic rings. The molecule has 0 fully saturated rings. The molecular weight excluding hydrogens is 192 g/mol. The van der Waals surface area contributed by atoms with Gasteiger partial charge in [-0.2, -0.15) is 0 Å². The number of hydrogen-bond donors (Lipinski definition) is 0. The minimum atomic E-state index is 0.464. The summed E-state index contributed by atoms with van der Waals surface area (Å²) in [6.07, 6.45) is 13.0. The number of rotatable bonds is 4. The Morgan fingerprint density at radius 3 is 2.31 bits per heavy atom. The summed E-state index contributed by atoms with van der Waals surface area (Å²) in [5.74, 6) is 1.93. The summed E-state index contributed by atoms with van der Waals surface area (Å²) in [6.45, 7) is 2.24. The number of allylic oxidation sites excluding steroid dienone is 4. The van der Waals surface area contributed by atoms with Crippen LogP contribution in [0.4, 0.5) is 0 Å². The molecule has 0 unspecified atom stereocenters. The van der Waals surface area contributed by atoms with Gasteiger partial charge in [0.2, 0.25) is 0 Å². The SMILES string of the molecule is CCCC[C]1C=CC(c2ccccc2)C=C1. The van der Waals surface area contributed by atoms with Crippen LogP contribution in [0.5, 0.6) is 0 Å². The first-order valence-electron chi connectivity index (χ1n) is 6.17. The lowest BCUT2D eigenvalue weighted by Crippen LogP contribution is -1.99. The van der Waals surface area contributed by atoms with Gasteiger partial charge in [0.05, 0.1) is 0 Å². The topological polar surface area (TPSA) is 0 Å². The summed E-state index contributed by atoms with van der Waals surface area (Å²) in [5.41, 5.74) is 1.38. The van der Waals surface area contributed by atoms with Gasteiger partial charge in [0.1, 0.15) is 0 Å². The maximum Gasteiger partial charge on any atom is 0.0199 e. The molecule has 0 N–H and O–H groups in total. The largest absolute Gasteiger partial charge is 0.0765 e. The van der Waals surface area contributed by atoms with E-state index in [1.54, 1.807) is 0 Å². The Morgan fingerprint density at radius 2 is 1.69 bits per heavy atom. The van der Waals surface area contributed by atoms with E-state index in [1.807, 2.05) is 0 Å². The van der Waals surface area contributed by atoms with Crippen LogP contribution in [0.15, 0.2) is 54.6 Å². The van der Waals surface area contributed by atoms with E-state index in [0.717, 1.165) is 0 Å². The normalized spacial score (nSPS) is 16.8. The van der Waals surface area contributed by atoms with Crippen molar-refractivity contribution in [3.8, 4) is 0 Å². The first kappa shape index (κ1) is 11.2. The van der Waals surface area contributed by atoms with Gasteiger partial charge in [-0.1, -0.05) is 74.4 Å². The first-order chi connectivity index (χ1) is 7.90. The van der Waals surface area contributed by atoms with Crippen LogP contribution in [-0.4, -0.2) is 0 Å². The summed E-state index contributed by atoms with van der Waals surface area (Å²) < 4.78 is 0. The monoisotopic (exact) mass is 211 g/mol. The van der Waals surface area contributed by atoms with Gasteiger partial charge in [-0.15, -0.1) is 0 Å². The molecule has 0 aliphatic heterocycles. The van der Waals surface area contributed by atoms with Crippen molar-refractivity contribution < 1.29 is 0 Å². The van der Waals surface area contributed by atoms with Crippen molar-refractivity contribution >= 4 is 0 Å². The smallest absolute Gasteiger partial charge is 0.0199 e. The van der Waals surface area contributed by atoms with Crippen LogP contribution >= 0.6 is 0 Å². The van der Waals surface area contributed by atoms with E-state index in [2.05, 4.69) is 61.6 Å². The Bertz CT molecular complexity index is 345. The molecule has 1 aromatic rings. The Kier molecular flexibility index (Phi) is 3.98. The fraction of sp³-hybridized carbons (Fsp3) is 0.312. The zero-order chi connectivity index (χ0) is 11.2. The van der Waals surface area contributed by atoms with Gasteiger partial charge >= 0.3 is 0 Å². The second kappa shape index (κ2) is 5.69. The molecular formula is C16H19. The lowest BCUT2D eigenvalue weighted by molar-refractivity contribution is 0.762. The van der Waals surface area contributed by atoms with E-state index >= 15 is 0 Å². The van der Waals surface area contributed by atoms with Crippen molar-refractivity contribution in [3.63, 3.8) is 0 Å². The van der Waals surface area contributed by atoms with Gasteiger partial charge in [-0.05, 0) is 12.0 Å². The highest BCUT2D eigenvalue weighted by Gasteiger charge is 2.10. The minimum absolute atomic E-state index is 0.464. The molecule has 0 heterocycles. The molecule has 0 saturated heterocycles. The molecule has 0 amide bonds. The Morgan fingerprint density at radius 1 is 1.00 bits per heavy atom. The van der Waals surface area contributed by atoms with E-state index in [-0.39, 0.29) is 0 Å². The van der Waals surface area contributed by atoms with Crippen molar-refractivity contribution in [1.29, 1.82) is 0 Å². The third-order valence-corrected chi connectivity index (χ3v) is 3.04. The summed E-state index contributed by atoms with van der Waals surface area (Å²) in [4.78, 5) is 0. The second-order valence-corrected chi connectivity index (χ2v) is 4.33. The van der Waals surface area contributed by atoms with E-state index in [9.17, 15) is 0 Å². The quantitative estimate of drug-likeness (QED) is 0.679. The zero-order valence-electron chi connectivity index (χ0n) is 9.89. The van der Waals surface area contributed by atoms with Crippen LogP contribution in [0, 0.1) is 5.92 Å². The summed E-state index contributed by atoms with van der Waals surface area (Å²) in [6, 6.07) is 10.7. The fourth-order valence-electron chi connectivity index (χ4n) is 2.02. The van der Waals surface area contributed by atoms with Crippen LogP contribution in [0.2, 0.25) is 0 Å². The molecule has 2 rings (SSSR count). The number of hydrogen-bond acceptors (Lipinski definition) is 0. The average molecular weight is 211 g/mol. The van der Waals surface area contributed by atoms with Gasteiger partial charge in [-0.3, -0.25) is 0 Å². The molecule has 0 spiro atoms. The van der Waals surface area contributed by atoms with E-state index in [1.165, 1.54) is 30.7 Å². The van der Waals surface area contributed by atoms with Crippen molar-refractivity contribution in [2.75, 3.05) is 0 Å². The Labute approximate surface area is 98.7 Å². The second-order valence-electron chi connectivity index (χ2n) is 4.33. The molecule has 0 saturated carbocycles. The van der Waals surface area contributed by atoms with Crippen molar-refractivity contribution in [2.45, 2.75) is 32.1 Å². The lowest BCUT2D eigenvalue weighted by atomic mass is 9.89. The summed E-state index contributed by atoms with van der Waals surface area (Å²) in [5, 5.41) is 0. The molecule has 1 aliphatic carbocycles. The van der Waals surface area contributed by atoms with Gasteiger partial charge < -0.3 is 0 Å². The predicted octanol–water partition coefficient (Wildman–Crippen LogP) is 4.66. The molecule has 0 heteroatoms. The van der Waals surface area contributed by atoms with Gasteiger partial charge in [0.25, 0.3) is 0 Å². The van der Waals surface area contributed by atoms with Gasteiger partial charge in [0.15, 0.2) is 0 Å². The molecule has 0 nitrogen and oxygen atoms in total. The first-order valence-corrected chi connectivity index (χ1v) is 6.17. The van der Waals surface area contributed by atoms with Crippen molar-refractivity contribution in [2.24, 2.45) is 0 Å². The van der Waals surface area contributed by atoms with E-state index in [4.69, 9.17) is 0 Å². The molecule has 83 valence electrons. The highest BCUT2D eigenvalue weighted by molar-refractivity contribution is 5.38. The highest BCUT2D eigenvalue weighted by atomic mass is 14.1. The molecule has 0 atom stereocenters. The van der Waals surface area contributed by atoms with Crippen molar-refractivity contribution in [3.05, 3.63) is 66.1 Å². The maximum absolute atomic E-state index is 2.31. The van der Waals surface area contributed by atoms with Crippen molar-refractivity contribution in [1.82, 2.24) is 0 Å². The number of benzene rings is 1. The summed E-state index contributed by atoms with van der Waals surface area (Å²) >= 11 is 0. The Balaban J connectivity index is 1.96. The lowest BCUT2D eigenvalue weighted by Gasteiger charge is -2.16. The third kappa shape index (κ3) is 2.85. The fourth-order valence-corrected chi connectivity index (χ4v) is 2.02. The van der Waals surface area contributed by atoms with Gasteiger partial charge in [0, 0.05) is 11.8 Å². The third-order valence-electron chi connectivity index (χ3n) is 3.04. The Hall–Kier alpha value is -1.30. The van der Waals surface area contributed by atoms with Crippen LogP contribution in [-0.2, 0) is 0 Å². The minimum Gasteiger partial charge on any atom is -0.0765 e. The van der Waals surface area contributed by atoms with Crippen LogP contribution < -0.4 is 0 Å². The maximum atomic E-state index is 2.31. The average Bonchev–Trinajstić information content (AvgIpc) is 2.38. The zero-order valence-corrected chi connectivity index (χ0v) is 9.89. The van der Waals surface area contributed by atoms with E-state index < -0.39 is 0 Å². The molecule has 0 bridgehead atoms. The van der Waals surface area contributed by atoms with Crippen LogP contribution in [0.3, 0.4) is 0 Å². The summed E-state index contributed by atoms with van der Waals surface area (Å²) in [7, 11) is 0. The highest BCUT2D eigenvalue weighted by Crippen LogP contribution is 2.27. The molecule has 1 radical (unpaired) electrons. The molecule has 1 aromatic carbocycles. The standard InChI is InChI=1S/C16H19/c1-2-3-7-14-10-12-16(13-11-14)15-8-5-4-6-9-15/h4-6,8-13,16H,2-3,7H2,1H3. The number of unbranched alkanes of at least 4 members (excludes halogenated alkanes) is 1. The van der Waals surface area contributed by atoms with E-state index in [0.29, 0.717) is 5.92 Å². The molecule has 16 heavy (non-hydrogen) atoms. The van der Waals surface area contributed by atoms with Gasteiger partial charge in [-0.25, -0.2) is 0 Å². The molecule has 0 aromatic heterocycles. The van der Waals surface area contributed by atoms with Crippen LogP contribution in [0.1, 0.15) is 37.7 Å².